The number of anilines is 1. The topological polar surface area (TPSA) is 116 Å². The van der Waals surface area contributed by atoms with Crippen molar-refractivity contribution in [1.82, 2.24) is 9.55 Å². The Morgan fingerprint density at radius 3 is 2.52 bits per heavy atom. The largest absolute Gasteiger partial charge is 0.401 e. The first-order valence-electron chi connectivity index (χ1n) is 6.46. The molecule has 7 nitrogen and oxygen atoms in total. The highest BCUT2D eigenvalue weighted by Crippen LogP contribution is 2.32. The smallest absolute Gasteiger partial charge is 0.269 e. The molecular formula is C14H16N6O. The van der Waals surface area contributed by atoms with Gasteiger partial charge < -0.3 is 11.5 Å². The van der Waals surface area contributed by atoms with E-state index in [0.717, 1.165) is 11.4 Å². The molecule has 6 N–H and O–H groups in total. The van der Waals surface area contributed by atoms with Gasteiger partial charge in [-0.3, -0.25) is 14.4 Å². The van der Waals surface area contributed by atoms with E-state index in [1.165, 1.54) is 0 Å². The number of benzene rings is 1. The van der Waals surface area contributed by atoms with Crippen molar-refractivity contribution in [2.24, 2.45) is 17.3 Å². The number of carbonyl (C=O) groups is 1. The van der Waals surface area contributed by atoms with E-state index in [1.54, 1.807) is 18.3 Å². The number of hydrogen-bond donors (Lipinski definition) is 3. The molecule has 0 saturated carbocycles. The standard InChI is InChI=1S/C14H16N6O/c1-8(15)11-6-12-13(14(16)21)18-7-19(12)9-4-2-3-5-10(9)20(11)17/h2-5,7H,6,15,17H2,1H3,(H2,16,21)/b11-8-. The molecule has 1 amide bonds. The van der Waals surface area contributed by atoms with Gasteiger partial charge in [-0.25, -0.2) is 10.8 Å². The van der Waals surface area contributed by atoms with Gasteiger partial charge >= 0.3 is 0 Å². The number of aromatic nitrogens is 2. The summed E-state index contributed by atoms with van der Waals surface area (Å²) < 4.78 is 1.82. The zero-order chi connectivity index (χ0) is 15.1. The monoisotopic (exact) mass is 284 g/mol. The van der Waals surface area contributed by atoms with Crippen LogP contribution in [0.4, 0.5) is 5.69 Å². The van der Waals surface area contributed by atoms with Gasteiger partial charge in [-0.1, -0.05) is 12.1 Å². The molecule has 1 aromatic carbocycles. The number of fused-ring (bicyclic) bond motifs is 3. The SMILES string of the molecule is C/C(N)=C1\Cc2c(C(N)=O)ncn2-c2ccccc2N1N. The third kappa shape index (κ3) is 1.95. The maximum absolute atomic E-state index is 11.6. The van der Waals surface area contributed by atoms with Crippen LogP contribution < -0.4 is 22.3 Å². The number of amides is 1. The van der Waals surface area contributed by atoms with Crippen molar-refractivity contribution in [3.05, 3.63) is 53.4 Å². The quantitative estimate of drug-likeness (QED) is 0.655. The number of hydrogen-bond acceptors (Lipinski definition) is 5. The summed E-state index contributed by atoms with van der Waals surface area (Å²) in [5.74, 6) is 5.63. The number of nitrogens with zero attached hydrogens (tertiary/aromatic N) is 3. The second kappa shape index (κ2) is 4.64. The van der Waals surface area contributed by atoms with Crippen molar-refractivity contribution in [2.75, 3.05) is 5.01 Å². The van der Waals surface area contributed by atoms with Gasteiger partial charge in [-0.2, -0.15) is 0 Å². The minimum atomic E-state index is -0.569. The molecule has 0 unspecified atom stereocenters. The molecule has 1 aliphatic heterocycles. The Hall–Kier alpha value is -2.80. The normalized spacial score (nSPS) is 16.0. The lowest BCUT2D eigenvalue weighted by atomic mass is 10.1. The first-order chi connectivity index (χ1) is 10.0. The second-order valence-corrected chi connectivity index (χ2v) is 4.94. The lowest BCUT2D eigenvalue weighted by Gasteiger charge is -2.22. The molecule has 0 fully saturated rings. The van der Waals surface area contributed by atoms with Crippen molar-refractivity contribution >= 4 is 11.6 Å². The molecule has 21 heavy (non-hydrogen) atoms. The summed E-state index contributed by atoms with van der Waals surface area (Å²) in [6.45, 7) is 1.77. The lowest BCUT2D eigenvalue weighted by Crippen LogP contribution is -2.32. The van der Waals surface area contributed by atoms with Gasteiger partial charge in [0.15, 0.2) is 0 Å². The molecule has 7 heteroatoms. The molecule has 0 bridgehead atoms. The van der Waals surface area contributed by atoms with Crippen molar-refractivity contribution < 1.29 is 4.79 Å². The molecule has 0 atom stereocenters. The Labute approximate surface area is 121 Å². The summed E-state index contributed by atoms with van der Waals surface area (Å²) >= 11 is 0. The predicted octanol–water partition coefficient (Wildman–Crippen LogP) is 0.398. The fraction of sp³-hybridized carbons (Fsp3) is 0.143. The average Bonchev–Trinajstić information content (AvgIpc) is 2.82. The first kappa shape index (κ1) is 13.2. The van der Waals surface area contributed by atoms with Crippen LogP contribution in [0.2, 0.25) is 0 Å². The van der Waals surface area contributed by atoms with Crippen LogP contribution in [0.15, 0.2) is 42.0 Å². The zero-order valence-electron chi connectivity index (χ0n) is 11.6. The highest BCUT2D eigenvalue weighted by molar-refractivity contribution is 5.92. The van der Waals surface area contributed by atoms with Gasteiger partial charge in [0.05, 0.1) is 22.8 Å². The van der Waals surface area contributed by atoms with Crippen LogP contribution in [0.25, 0.3) is 5.69 Å². The van der Waals surface area contributed by atoms with Crippen LogP contribution in [0.5, 0.6) is 0 Å². The van der Waals surface area contributed by atoms with Crippen LogP contribution >= 0.6 is 0 Å². The molecule has 3 rings (SSSR count). The molecule has 0 spiro atoms. The lowest BCUT2D eigenvalue weighted by molar-refractivity contribution is 0.0995. The Bertz CT molecular complexity index is 757. The Morgan fingerprint density at radius 2 is 1.90 bits per heavy atom. The fourth-order valence-electron chi connectivity index (χ4n) is 2.55. The predicted molar refractivity (Wildman–Crippen MR) is 79.3 cm³/mol. The third-order valence-corrected chi connectivity index (χ3v) is 3.58. The van der Waals surface area contributed by atoms with Crippen LogP contribution in [-0.2, 0) is 6.42 Å². The maximum atomic E-state index is 11.6. The molecule has 0 radical (unpaired) electrons. The molecule has 1 aromatic heterocycles. The first-order valence-corrected chi connectivity index (χ1v) is 6.46. The molecule has 2 heterocycles. The average molecular weight is 284 g/mol. The summed E-state index contributed by atoms with van der Waals surface area (Å²) in [6.07, 6.45) is 1.96. The van der Waals surface area contributed by atoms with Crippen LogP contribution in [0.3, 0.4) is 0 Å². The van der Waals surface area contributed by atoms with E-state index in [1.807, 2.05) is 28.8 Å². The summed E-state index contributed by atoms with van der Waals surface area (Å²) in [4.78, 5) is 15.7. The zero-order valence-corrected chi connectivity index (χ0v) is 11.6. The highest BCUT2D eigenvalue weighted by atomic mass is 16.1. The van der Waals surface area contributed by atoms with Gasteiger partial charge in [0.1, 0.15) is 12.0 Å². The van der Waals surface area contributed by atoms with E-state index in [4.69, 9.17) is 17.3 Å². The van der Waals surface area contributed by atoms with Crippen LogP contribution in [0, 0.1) is 0 Å². The van der Waals surface area contributed by atoms with Crippen molar-refractivity contribution in [3.63, 3.8) is 0 Å². The summed E-state index contributed by atoms with van der Waals surface area (Å²) in [5, 5.41) is 1.54. The summed E-state index contributed by atoms with van der Waals surface area (Å²) in [6, 6.07) is 7.57. The van der Waals surface area contributed by atoms with Crippen LogP contribution in [0.1, 0.15) is 23.1 Å². The van der Waals surface area contributed by atoms with Gasteiger partial charge in [-0.15, -0.1) is 0 Å². The van der Waals surface area contributed by atoms with Crippen molar-refractivity contribution in [1.29, 1.82) is 0 Å². The third-order valence-electron chi connectivity index (χ3n) is 3.58. The number of hydrazine groups is 1. The van der Waals surface area contributed by atoms with Gasteiger partial charge in [-0.05, 0) is 19.1 Å². The van der Waals surface area contributed by atoms with E-state index < -0.39 is 5.91 Å². The highest BCUT2D eigenvalue weighted by Gasteiger charge is 2.26. The second-order valence-electron chi connectivity index (χ2n) is 4.94. The molecule has 108 valence electrons. The van der Waals surface area contributed by atoms with E-state index >= 15 is 0 Å². The summed E-state index contributed by atoms with van der Waals surface area (Å²) in [5.41, 5.74) is 15.2. The van der Waals surface area contributed by atoms with Crippen molar-refractivity contribution in [3.8, 4) is 5.69 Å². The van der Waals surface area contributed by atoms with E-state index in [-0.39, 0.29) is 5.69 Å². The van der Waals surface area contributed by atoms with E-state index in [0.29, 0.717) is 23.5 Å². The number of imidazole rings is 1. The van der Waals surface area contributed by atoms with E-state index in [2.05, 4.69) is 4.98 Å². The number of rotatable bonds is 1. The maximum Gasteiger partial charge on any atom is 0.269 e. The summed E-state index contributed by atoms with van der Waals surface area (Å²) in [7, 11) is 0. The Morgan fingerprint density at radius 1 is 1.24 bits per heavy atom. The fourth-order valence-corrected chi connectivity index (χ4v) is 2.55. The number of allylic oxidation sites excluding steroid dienone is 2. The molecule has 0 saturated heterocycles. The van der Waals surface area contributed by atoms with Gasteiger partial charge in [0.2, 0.25) is 0 Å². The number of primary amides is 1. The van der Waals surface area contributed by atoms with Gasteiger partial charge in [0.25, 0.3) is 5.91 Å². The Balaban J connectivity index is 2.34. The molecule has 2 aromatic rings. The van der Waals surface area contributed by atoms with E-state index in [9.17, 15) is 4.79 Å². The van der Waals surface area contributed by atoms with Gasteiger partial charge in [0, 0.05) is 12.1 Å². The molecule has 1 aliphatic rings. The number of carbonyl (C=O) groups excluding carboxylic acids is 1. The molecular weight excluding hydrogens is 268 g/mol. The van der Waals surface area contributed by atoms with Crippen molar-refractivity contribution in [2.45, 2.75) is 13.3 Å². The molecule has 0 aliphatic carbocycles. The minimum absolute atomic E-state index is 0.235. The Kier molecular flexibility index (Phi) is 2.91. The minimum Gasteiger partial charge on any atom is -0.401 e. The number of para-hydroxylation sites is 2. The van der Waals surface area contributed by atoms with Crippen LogP contribution in [-0.4, -0.2) is 15.5 Å². The number of nitrogens with two attached hydrogens (primary N) is 3.